The topological polar surface area (TPSA) is 62.5 Å². The molecule has 20 heavy (non-hydrogen) atoms. The second kappa shape index (κ2) is 5.66. The fraction of sp³-hybridized carbons (Fsp3) is 0.538. The van der Waals surface area contributed by atoms with E-state index in [2.05, 4.69) is 0 Å². The van der Waals surface area contributed by atoms with Crippen molar-refractivity contribution in [3.63, 3.8) is 0 Å². The van der Waals surface area contributed by atoms with Crippen LogP contribution in [-0.4, -0.2) is 39.0 Å². The molecule has 2 atom stereocenters. The molecule has 0 bridgehead atoms. The zero-order valence-corrected chi connectivity index (χ0v) is 12.8. The first-order valence-corrected chi connectivity index (χ1v) is 7.14. The maximum Gasteiger partial charge on any atom is 0.326 e. The second-order valence-electron chi connectivity index (χ2n) is 5.13. The van der Waals surface area contributed by atoms with Crippen LogP contribution in [0.4, 0.5) is 0 Å². The average Bonchev–Trinajstić information content (AvgIpc) is 2.65. The largest absolute Gasteiger partial charge is 0.480 e. The third-order valence-electron chi connectivity index (χ3n) is 3.78. The van der Waals surface area contributed by atoms with Crippen molar-refractivity contribution in [3.05, 3.63) is 21.9 Å². The number of carbonyl (C=O) groups excluding carboxylic acids is 1. The first kappa shape index (κ1) is 15.2. The molecule has 1 aliphatic heterocycles. The van der Waals surface area contributed by atoms with Gasteiger partial charge in [-0.25, -0.2) is 4.79 Å². The highest BCUT2D eigenvalue weighted by molar-refractivity contribution is 6.41. The summed E-state index contributed by atoms with van der Waals surface area (Å²) in [7, 11) is 1.63. The van der Waals surface area contributed by atoms with Gasteiger partial charge in [0.1, 0.15) is 16.9 Å². The Morgan fingerprint density at radius 1 is 1.40 bits per heavy atom. The summed E-state index contributed by atoms with van der Waals surface area (Å²) in [5.74, 6) is -1.39. The van der Waals surface area contributed by atoms with E-state index < -0.39 is 12.0 Å². The summed E-state index contributed by atoms with van der Waals surface area (Å²) in [5.41, 5.74) is 0.306. The molecule has 0 radical (unpaired) electrons. The third kappa shape index (κ3) is 2.52. The number of piperidine rings is 1. The molecule has 2 heterocycles. The van der Waals surface area contributed by atoms with Crippen LogP contribution in [0.3, 0.4) is 0 Å². The number of amides is 1. The maximum absolute atomic E-state index is 12.6. The van der Waals surface area contributed by atoms with Crippen LogP contribution in [0, 0.1) is 5.92 Å². The Balaban J connectivity index is 2.35. The van der Waals surface area contributed by atoms with Crippen molar-refractivity contribution in [2.45, 2.75) is 25.8 Å². The molecule has 1 N–H and O–H groups in total. The molecule has 110 valence electrons. The van der Waals surface area contributed by atoms with E-state index in [-0.39, 0.29) is 22.0 Å². The molecule has 2 unspecified atom stereocenters. The Labute approximate surface area is 127 Å². The molecule has 1 fully saturated rings. The lowest BCUT2D eigenvalue weighted by Crippen LogP contribution is -2.52. The van der Waals surface area contributed by atoms with Crippen LogP contribution < -0.4 is 0 Å². The number of carboxylic acid groups (broad SMARTS) is 1. The van der Waals surface area contributed by atoms with Gasteiger partial charge in [0.05, 0.1) is 5.02 Å². The van der Waals surface area contributed by atoms with Crippen molar-refractivity contribution in [3.8, 4) is 0 Å². The maximum atomic E-state index is 12.6. The van der Waals surface area contributed by atoms with Gasteiger partial charge in [-0.3, -0.25) is 4.79 Å². The highest BCUT2D eigenvalue weighted by atomic mass is 35.5. The molecule has 1 aliphatic rings. The monoisotopic (exact) mass is 318 g/mol. The fourth-order valence-electron chi connectivity index (χ4n) is 2.69. The molecule has 0 spiro atoms. The van der Waals surface area contributed by atoms with Gasteiger partial charge in [-0.05, 0) is 24.8 Å². The van der Waals surface area contributed by atoms with Crippen molar-refractivity contribution < 1.29 is 14.7 Å². The molecular formula is C13H16Cl2N2O3. The standard InChI is InChI=1S/C13H16Cl2N2O3/c1-7-4-3-5-17(10(7)13(19)20)12(18)9-6-8(14)11(15)16(9)2/h6-7,10H,3-5H2,1-2H3,(H,19,20). The van der Waals surface area contributed by atoms with Crippen LogP contribution in [0.5, 0.6) is 0 Å². The summed E-state index contributed by atoms with van der Waals surface area (Å²) in [5, 5.41) is 9.91. The molecule has 7 heteroatoms. The first-order chi connectivity index (χ1) is 9.34. The van der Waals surface area contributed by atoms with E-state index in [1.807, 2.05) is 6.92 Å². The lowest BCUT2D eigenvalue weighted by molar-refractivity contribution is -0.145. The Kier molecular flexibility index (Phi) is 4.30. The van der Waals surface area contributed by atoms with E-state index in [9.17, 15) is 14.7 Å². The van der Waals surface area contributed by atoms with Crippen LogP contribution in [-0.2, 0) is 11.8 Å². The van der Waals surface area contributed by atoms with Gasteiger partial charge in [0.25, 0.3) is 5.91 Å². The molecule has 0 aliphatic carbocycles. The van der Waals surface area contributed by atoms with E-state index in [1.54, 1.807) is 7.05 Å². The van der Waals surface area contributed by atoms with E-state index in [1.165, 1.54) is 15.5 Å². The van der Waals surface area contributed by atoms with Crippen LogP contribution in [0.25, 0.3) is 0 Å². The second-order valence-corrected chi connectivity index (χ2v) is 5.89. The van der Waals surface area contributed by atoms with E-state index in [4.69, 9.17) is 23.2 Å². The minimum atomic E-state index is -0.975. The Morgan fingerprint density at radius 3 is 2.55 bits per heavy atom. The van der Waals surface area contributed by atoms with Gasteiger partial charge in [-0.2, -0.15) is 0 Å². The smallest absolute Gasteiger partial charge is 0.326 e. The molecule has 1 saturated heterocycles. The summed E-state index contributed by atoms with van der Waals surface area (Å²) in [6, 6.07) is 0.674. The summed E-state index contributed by atoms with van der Waals surface area (Å²) in [6.07, 6.45) is 1.60. The lowest BCUT2D eigenvalue weighted by atomic mass is 9.90. The van der Waals surface area contributed by atoms with E-state index in [0.29, 0.717) is 12.2 Å². The number of halogens is 2. The van der Waals surface area contributed by atoms with Crippen molar-refractivity contribution >= 4 is 35.1 Å². The predicted octanol–water partition coefficient (Wildman–Crippen LogP) is 2.66. The molecule has 1 aromatic heterocycles. The Morgan fingerprint density at radius 2 is 2.05 bits per heavy atom. The molecule has 0 saturated carbocycles. The van der Waals surface area contributed by atoms with Gasteiger partial charge in [0.2, 0.25) is 0 Å². The van der Waals surface area contributed by atoms with Crippen molar-refractivity contribution in [2.75, 3.05) is 6.54 Å². The summed E-state index contributed by atoms with van der Waals surface area (Å²) in [6.45, 7) is 2.28. The van der Waals surface area contributed by atoms with E-state index >= 15 is 0 Å². The lowest BCUT2D eigenvalue weighted by Gasteiger charge is -2.37. The zero-order valence-electron chi connectivity index (χ0n) is 11.3. The highest BCUT2D eigenvalue weighted by Gasteiger charge is 2.38. The third-order valence-corrected chi connectivity index (χ3v) is 4.62. The SMILES string of the molecule is CC1CCCN(C(=O)c2cc(Cl)c(Cl)n2C)C1C(=O)O. The molecular weight excluding hydrogens is 303 g/mol. The Hall–Kier alpha value is -1.20. The molecule has 0 aromatic carbocycles. The van der Waals surface area contributed by atoms with Crippen molar-refractivity contribution in [1.82, 2.24) is 9.47 Å². The number of hydrogen-bond acceptors (Lipinski definition) is 2. The van der Waals surface area contributed by atoms with Crippen LogP contribution in [0.15, 0.2) is 6.07 Å². The summed E-state index contributed by atoms with van der Waals surface area (Å²) >= 11 is 11.9. The molecule has 1 amide bonds. The van der Waals surface area contributed by atoms with Gasteiger partial charge in [0.15, 0.2) is 0 Å². The van der Waals surface area contributed by atoms with Gasteiger partial charge in [-0.1, -0.05) is 30.1 Å². The van der Waals surface area contributed by atoms with Crippen molar-refractivity contribution in [1.29, 1.82) is 0 Å². The fourth-order valence-corrected chi connectivity index (χ4v) is 3.06. The number of aliphatic carboxylic acids is 1. The molecule has 2 rings (SSSR count). The summed E-state index contributed by atoms with van der Waals surface area (Å²) < 4.78 is 1.48. The van der Waals surface area contributed by atoms with Crippen LogP contribution >= 0.6 is 23.2 Å². The van der Waals surface area contributed by atoms with Gasteiger partial charge in [-0.15, -0.1) is 0 Å². The highest BCUT2D eigenvalue weighted by Crippen LogP contribution is 2.29. The van der Waals surface area contributed by atoms with Gasteiger partial charge >= 0.3 is 5.97 Å². The van der Waals surface area contributed by atoms with Crippen LogP contribution in [0.2, 0.25) is 10.2 Å². The molecule has 1 aromatic rings. The minimum absolute atomic E-state index is 0.0728. The number of hydrogen-bond donors (Lipinski definition) is 1. The van der Waals surface area contributed by atoms with Crippen molar-refractivity contribution in [2.24, 2.45) is 13.0 Å². The number of nitrogens with zero attached hydrogens (tertiary/aromatic N) is 2. The predicted molar refractivity (Wildman–Crippen MR) is 76.3 cm³/mol. The summed E-state index contributed by atoms with van der Waals surface area (Å²) in [4.78, 5) is 25.4. The zero-order chi connectivity index (χ0) is 15.0. The Bertz CT molecular complexity index is 556. The number of likely N-dealkylation sites (tertiary alicyclic amines) is 1. The number of carbonyl (C=O) groups is 2. The average molecular weight is 319 g/mol. The number of rotatable bonds is 2. The van der Waals surface area contributed by atoms with Crippen LogP contribution in [0.1, 0.15) is 30.3 Å². The van der Waals surface area contributed by atoms with E-state index in [0.717, 1.165) is 12.8 Å². The normalized spacial score (nSPS) is 22.9. The number of carboxylic acids is 1. The quantitative estimate of drug-likeness (QED) is 0.911. The first-order valence-electron chi connectivity index (χ1n) is 6.39. The minimum Gasteiger partial charge on any atom is -0.480 e. The molecule has 5 nitrogen and oxygen atoms in total. The van der Waals surface area contributed by atoms with Gasteiger partial charge in [0, 0.05) is 13.6 Å². The van der Waals surface area contributed by atoms with Gasteiger partial charge < -0.3 is 14.6 Å². The number of aromatic nitrogens is 1.